The highest BCUT2D eigenvalue weighted by Gasteiger charge is 2.35. The van der Waals surface area contributed by atoms with Gasteiger partial charge in [0.15, 0.2) is 0 Å². The molecule has 1 N–H and O–H groups in total. The molecule has 4 atom stereocenters. The zero-order valence-corrected chi connectivity index (χ0v) is 21.3. The second-order valence-electron chi connectivity index (χ2n) is 10.0. The number of aliphatic hydroxyl groups is 1. The molecule has 0 bridgehead atoms. The second kappa shape index (κ2) is 10.1. The SMILES string of the molecule is COC(=O)N1c2ccc3c(nc([C@@H](O)c4cc(F)ccc4OC)n3C3CCC[C@H](C=O)C3)c2CC[C@H]1C. The van der Waals surface area contributed by atoms with Gasteiger partial charge in [-0.2, -0.15) is 0 Å². The van der Waals surface area contributed by atoms with Gasteiger partial charge in [0.25, 0.3) is 0 Å². The molecule has 1 aliphatic carbocycles. The molecule has 0 radical (unpaired) electrons. The number of nitrogens with zero attached hydrogens (tertiary/aromatic N) is 3. The highest BCUT2D eigenvalue weighted by molar-refractivity contribution is 5.95. The van der Waals surface area contributed by atoms with Crippen molar-refractivity contribution in [1.82, 2.24) is 9.55 Å². The van der Waals surface area contributed by atoms with Gasteiger partial charge in [0.05, 0.1) is 30.9 Å². The molecule has 1 unspecified atom stereocenters. The molecule has 1 saturated carbocycles. The van der Waals surface area contributed by atoms with Crippen LogP contribution >= 0.6 is 0 Å². The fourth-order valence-electron chi connectivity index (χ4n) is 5.99. The molecule has 9 heteroatoms. The maximum Gasteiger partial charge on any atom is 0.414 e. The summed E-state index contributed by atoms with van der Waals surface area (Å²) in [4.78, 5) is 30.9. The van der Waals surface area contributed by atoms with Gasteiger partial charge in [-0.25, -0.2) is 14.2 Å². The minimum absolute atomic E-state index is 0.0344. The first-order chi connectivity index (χ1) is 17.9. The molecule has 3 aromatic rings. The number of methoxy groups -OCH3 is 2. The molecule has 2 heterocycles. The summed E-state index contributed by atoms with van der Waals surface area (Å²) in [5, 5.41) is 11.6. The van der Waals surface area contributed by atoms with E-state index >= 15 is 0 Å². The predicted molar refractivity (Wildman–Crippen MR) is 136 cm³/mol. The Balaban J connectivity index is 1.72. The minimum atomic E-state index is -1.26. The summed E-state index contributed by atoms with van der Waals surface area (Å²) in [5.74, 6) is 0.163. The Bertz CT molecular complexity index is 1340. The summed E-state index contributed by atoms with van der Waals surface area (Å²) >= 11 is 0. The summed E-state index contributed by atoms with van der Waals surface area (Å²) in [6, 6.07) is 7.76. The number of hydrogen-bond acceptors (Lipinski definition) is 6. The number of aromatic nitrogens is 2. The number of benzene rings is 2. The van der Waals surface area contributed by atoms with Gasteiger partial charge in [0, 0.05) is 29.1 Å². The minimum Gasteiger partial charge on any atom is -0.496 e. The molecule has 0 saturated heterocycles. The van der Waals surface area contributed by atoms with Crippen LogP contribution in [-0.4, -0.2) is 47.3 Å². The van der Waals surface area contributed by atoms with Gasteiger partial charge in [0.1, 0.15) is 29.8 Å². The van der Waals surface area contributed by atoms with Crippen molar-refractivity contribution >= 4 is 29.1 Å². The van der Waals surface area contributed by atoms with Crippen molar-refractivity contribution in [2.45, 2.75) is 63.6 Å². The number of imidazole rings is 1. The van der Waals surface area contributed by atoms with Crippen molar-refractivity contribution in [2.75, 3.05) is 19.1 Å². The zero-order chi connectivity index (χ0) is 26.3. The van der Waals surface area contributed by atoms with Gasteiger partial charge in [0.2, 0.25) is 0 Å². The van der Waals surface area contributed by atoms with E-state index in [-0.39, 0.29) is 23.6 Å². The number of anilines is 1. The monoisotopic (exact) mass is 509 g/mol. The van der Waals surface area contributed by atoms with Crippen LogP contribution in [0.1, 0.15) is 68.1 Å². The third-order valence-corrected chi connectivity index (χ3v) is 7.83. The molecule has 1 aromatic heterocycles. The lowest BCUT2D eigenvalue weighted by Crippen LogP contribution is -2.42. The molecule has 1 amide bonds. The highest BCUT2D eigenvalue weighted by atomic mass is 19.1. The normalized spacial score (nSPS) is 22.4. The van der Waals surface area contributed by atoms with E-state index in [0.717, 1.165) is 48.7 Å². The molecular weight excluding hydrogens is 477 g/mol. The highest BCUT2D eigenvalue weighted by Crippen LogP contribution is 2.42. The first kappa shape index (κ1) is 25.2. The molecule has 0 spiro atoms. The van der Waals surface area contributed by atoms with E-state index in [1.54, 1.807) is 4.90 Å². The van der Waals surface area contributed by atoms with Crippen molar-refractivity contribution < 1.29 is 28.6 Å². The van der Waals surface area contributed by atoms with Crippen molar-refractivity contribution in [2.24, 2.45) is 5.92 Å². The molecule has 1 aliphatic heterocycles. The van der Waals surface area contributed by atoms with Crippen LogP contribution in [-0.2, 0) is 16.0 Å². The zero-order valence-electron chi connectivity index (χ0n) is 21.3. The molecule has 2 aromatic carbocycles. The Labute approximate surface area is 215 Å². The molecule has 1 fully saturated rings. The number of hydrogen-bond donors (Lipinski definition) is 1. The van der Waals surface area contributed by atoms with E-state index in [1.165, 1.54) is 32.4 Å². The largest absolute Gasteiger partial charge is 0.496 e. The lowest BCUT2D eigenvalue weighted by atomic mass is 9.86. The topological polar surface area (TPSA) is 93.9 Å². The summed E-state index contributed by atoms with van der Waals surface area (Å²) in [6.07, 6.45) is 3.94. The summed E-state index contributed by atoms with van der Waals surface area (Å²) in [6.45, 7) is 1.98. The van der Waals surface area contributed by atoms with E-state index in [4.69, 9.17) is 14.5 Å². The van der Waals surface area contributed by atoms with Gasteiger partial charge < -0.3 is 23.9 Å². The maximum absolute atomic E-state index is 14.2. The van der Waals surface area contributed by atoms with Crippen LogP contribution in [0.5, 0.6) is 5.75 Å². The first-order valence-corrected chi connectivity index (χ1v) is 12.8. The van der Waals surface area contributed by atoms with E-state index in [0.29, 0.717) is 29.9 Å². The molecule has 5 rings (SSSR count). The summed E-state index contributed by atoms with van der Waals surface area (Å²) < 4.78 is 26.7. The fourth-order valence-corrected chi connectivity index (χ4v) is 5.99. The fraction of sp³-hybridized carbons (Fsp3) is 0.464. The van der Waals surface area contributed by atoms with Crippen LogP contribution in [0.4, 0.5) is 14.9 Å². The molecular formula is C28H32FN3O5. The number of aldehydes is 1. The van der Waals surface area contributed by atoms with Gasteiger partial charge in [-0.1, -0.05) is 6.42 Å². The standard InChI is InChI=1S/C28H32FN3O5/c1-16-7-9-20-22(31(16)28(35)37-3)10-11-23-25(20)30-27(32(23)19-6-4-5-17(13-19)15-33)26(34)21-14-18(29)8-12-24(21)36-2/h8,10-12,14-17,19,26,34H,4-7,9,13H2,1-3H3/t16-,17+,19?,26+/m1/s1. The van der Waals surface area contributed by atoms with Crippen LogP contribution in [0, 0.1) is 11.7 Å². The predicted octanol–water partition coefficient (Wildman–Crippen LogP) is 5.10. The summed E-state index contributed by atoms with van der Waals surface area (Å²) in [7, 11) is 2.84. The third kappa shape index (κ3) is 4.35. The number of carbonyl (C=O) groups is 2. The number of aryl methyl sites for hydroxylation is 1. The Hall–Kier alpha value is -3.46. The van der Waals surface area contributed by atoms with E-state index in [1.807, 2.05) is 23.6 Å². The number of aliphatic hydroxyl groups excluding tert-OH is 1. The van der Waals surface area contributed by atoms with Gasteiger partial charge in [-0.15, -0.1) is 0 Å². The van der Waals surface area contributed by atoms with Crippen LogP contribution in [0.15, 0.2) is 30.3 Å². The average molecular weight is 510 g/mol. The van der Waals surface area contributed by atoms with Crippen molar-refractivity contribution in [1.29, 1.82) is 0 Å². The van der Waals surface area contributed by atoms with Crippen molar-refractivity contribution in [3.8, 4) is 5.75 Å². The maximum atomic E-state index is 14.2. The van der Waals surface area contributed by atoms with Gasteiger partial charge >= 0.3 is 6.09 Å². The molecule has 8 nitrogen and oxygen atoms in total. The lowest BCUT2D eigenvalue weighted by molar-refractivity contribution is -0.112. The molecule has 37 heavy (non-hydrogen) atoms. The van der Waals surface area contributed by atoms with Crippen molar-refractivity contribution in [3.05, 3.63) is 53.1 Å². The Morgan fingerprint density at radius 2 is 2.03 bits per heavy atom. The number of amides is 1. The van der Waals surface area contributed by atoms with Crippen LogP contribution in [0.2, 0.25) is 0 Å². The van der Waals surface area contributed by atoms with Crippen LogP contribution in [0.3, 0.4) is 0 Å². The van der Waals surface area contributed by atoms with Crippen LogP contribution < -0.4 is 9.64 Å². The third-order valence-electron chi connectivity index (χ3n) is 7.83. The summed E-state index contributed by atoms with van der Waals surface area (Å²) in [5.41, 5.74) is 3.43. The number of ether oxygens (including phenoxy) is 2. The quantitative estimate of drug-likeness (QED) is 0.481. The lowest BCUT2D eigenvalue weighted by Gasteiger charge is -2.34. The number of rotatable bonds is 5. The number of halogens is 1. The number of carbonyl (C=O) groups excluding carboxylic acids is 2. The molecule has 2 aliphatic rings. The van der Waals surface area contributed by atoms with Crippen molar-refractivity contribution in [3.63, 3.8) is 0 Å². The Morgan fingerprint density at radius 1 is 1.22 bits per heavy atom. The Morgan fingerprint density at radius 3 is 2.76 bits per heavy atom. The van der Waals surface area contributed by atoms with E-state index < -0.39 is 18.0 Å². The molecule has 196 valence electrons. The second-order valence-corrected chi connectivity index (χ2v) is 10.0. The van der Waals surface area contributed by atoms with E-state index in [9.17, 15) is 19.1 Å². The van der Waals surface area contributed by atoms with Crippen LogP contribution in [0.25, 0.3) is 11.0 Å². The smallest absolute Gasteiger partial charge is 0.414 e. The van der Waals surface area contributed by atoms with Gasteiger partial charge in [-0.05, 0) is 69.4 Å². The van der Waals surface area contributed by atoms with Gasteiger partial charge in [-0.3, -0.25) is 4.90 Å². The average Bonchev–Trinajstić information content (AvgIpc) is 3.32. The number of fused-ring (bicyclic) bond motifs is 3. The van der Waals surface area contributed by atoms with E-state index in [2.05, 4.69) is 0 Å². The first-order valence-electron chi connectivity index (χ1n) is 12.8. The Kier molecular flexibility index (Phi) is 6.90.